The average Bonchev–Trinajstić information content (AvgIpc) is 2.97. The average molecular weight is 432 g/mol. The molecule has 3 aromatic carbocycles. The van der Waals surface area contributed by atoms with E-state index in [2.05, 4.69) is 5.32 Å². The number of anilines is 2. The number of amides is 2. The first kappa shape index (κ1) is 21.4. The van der Waals surface area contributed by atoms with E-state index >= 15 is 0 Å². The van der Waals surface area contributed by atoms with Crippen LogP contribution in [-0.4, -0.2) is 11.8 Å². The van der Waals surface area contributed by atoms with Gasteiger partial charge in [-0.2, -0.15) is 0 Å². The van der Waals surface area contributed by atoms with Crippen molar-refractivity contribution in [3.8, 4) is 0 Å². The van der Waals surface area contributed by atoms with Crippen LogP contribution in [0.1, 0.15) is 27.8 Å². The van der Waals surface area contributed by atoms with Gasteiger partial charge in [-0.15, -0.1) is 0 Å². The summed E-state index contributed by atoms with van der Waals surface area (Å²) in [6.07, 6.45) is 0. The smallest absolute Gasteiger partial charge is 0.282 e. The van der Waals surface area contributed by atoms with Crippen molar-refractivity contribution < 1.29 is 18.4 Å². The Labute approximate surface area is 185 Å². The molecular formula is C26H22F2N2O2. The van der Waals surface area contributed by atoms with Crippen LogP contribution in [0.5, 0.6) is 0 Å². The van der Waals surface area contributed by atoms with Gasteiger partial charge in [-0.1, -0.05) is 35.9 Å². The number of halogens is 2. The predicted molar refractivity (Wildman–Crippen MR) is 121 cm³/mol. The van der Waals surface area contributed by atoms with Crippen molar-refractivity contribution in [2.24, 2.45) is 0 Å². The van der Waals surface area contributed by atoms with E-state index in [0.717, 1.165) is 40.5 Å². The first-order valence-electron chi connectivity index (χ1n) is 10.2. The third-order valence-corrected chi connectivity index (χ3v) is 5.75. The number of aryl methyl sites for hydroxylation is 3. The molecule has 3 aromatic rings. The van der Waals surface area contributed by atoms with Gasteiger partial charge in [-0.3, -0.25) is 9.59 Å². The van der Waals surface area contributed by atoms with Gasteiger partial charge >= 0.3 is 0 Å². The second-order valence-corrected chi connectivity index (χ2v) is 7.98. The van der Waals surface area contributed by atoms with Crippen LogP contribution in [0.4, 0.5) is 20.2 Å². The molecule has 0 aliphatic carbocycles. The molecule has 162 valence electrons. The Kier molecular flexibility index (Phi) is 5.38. The molecule has 1 aliphatic rings. The summed E-state index contributed by atoms with van der Waals surface area (Å²) in [6.45, 7) is 7.61. The Balaban J connectivity index is 1.92. The Morgan fingerprint density at radius 3 is 2.28 bits per heavy atom. The molecule has 1 aliphatic heterocycles. The molecule has 0 aromatic heterocycles. The number of hydrogen-bond acceptors (Lipinski definition) is 3. The molecule has 0 atom stereocenters. The van der Waals surface area contributed by atoms with Crippen LogP contribution in [0.25, 0.3) is 5.57 Å². The molecule has 1 N–H and O–H groups in total. The van der Waals surface area contributed by atoms with E-state index in [1.54, 1.807) is 12.1 Å². The summed E-state index contributed by atoms with van der Waals surface area (Å²) < 4.78 is 28.4. The summed E-state index contributed by atoms with van der Waals surface area (Å²) in [5.41, 5.74) is 4.66. The fraction of sp³-hybridized carbons (Fsp3) is 0.154. The lowest BCUT2D eigenvalue weighted by molar-refractivity contribution is -0.120. The minimum Gasteiger partial charge on any atom is -0.350 e. The molecule has 0 fully saturated rings. The molecule has 0 saturated carbocycles. The summed E-state index contributed by atoms with van der Waals surface area (Å²) in [7, 11) is 0. The second kappa shape index (κ2) is 8.04. The molecule has 0 bridgehead atoms. The maximum Gasteiger partial charge on any atom is 0.282 e. The molecule has 6 heteroatoms. The SMILES string of the molecule is Cc1ccc(C2=C(Nc3cccc(C)c3C)C(=O)N(c3cc(F)ccc3F)C2=O)c(C)c1. The Morgan fingerprint density at radius 1 is 0.812 bits per heavy atom. The summed E-state index contributed by atoms with van der Waals surface area (Å²) in [5.74, 6) is -3.05. The van der Waals surface area contributed by atoms with Crippen LogP contribution in [0.2, 0.25) is 0 Å². The minimum absolute atomic E-state index is 0.0271. The lowest BCUT2D eigenvalue weighted by Crippen LogP contribution is -2.33. The molecular weight excluding hydrogens is 410 g/mol. The van der Waals surface area contributed by atoms with Gasteiger partial charge in [0.2, 0.25) is 0 Å². The number of benzene rings is 3. The van der Waals surface area contributed by atoms with Crippen molar-refractivity contribution in [3.63, 3.8) is 0 Å². The number of imide groups is 1. The molecule has 4 nitrogen and oxygen atoms in total. The summed E-state index contributed by atoms with van der Waals surface area (Å²) >= 11 is 0. The largest absolute Gasteiger partial charge is 0.350 e. The molecule has 0 radical (unpaired) electrons. The molecule has 32 heavy (non-hydrogen) atoms. The van der Waals surface area contributed by atoms with E-state index in [-0.39, 0.29) is 11.3 Å². The zero-order chi connectivity index (χ0) is 23.2. The van der Waals surface area contributed by atoms with E-state index in [1.165, 1.54) is 0 Å². The second-order valence-electron chi connectivity index (χ2n) is 7.98. The fourth-order valence-electron chi connectivity index (χ4n) is 3.89. The van der Waals surface area contributed by atoms with Gasteiger partial charge in [-0.05, 0) is 68.1 Å². The molecule has 2 amide bonds. The first-order valence-corrected chi connectivity index (χ1v) is 10.2. The standard InChI is InChI=1S/C26H22F2N2O2/c1-14-8-10-19(16(3)12-14)23-24(29-21-7-5-6-15(2)17(21)4)26(32)30(25(23)31)22-13-18(27)9-11-20(22)28/h5-13,29H,1-4H3. The number of carbonyl (C=O) groups is 2. The third kappa shape index (κ3) is 3.58. The topological polar surface area (TPSA) is 49.4 Å². The molecule has 1 heterocycles. The molecule has 0 saturated heterocycles. The normalized spacial score (nSPS) is 13.9. The number of hydrogen-bond donors (Lipinski definition) is 1. The van der Waals surface area contributed by atoms with Crippen molar-refractivity contribution >= 4 is 28.8 Å². The number of rotatable bonds is 4. The maximum atomic E-state index is 14.5. The van der Waals surface area contributed by atoms with Gasteiger partial charge in [0, 0.05) is 11.8 Å². The molecule has 0 spiro atoms. The van der Waals surface area contributed by atoms with Crippen LogP contribution in [-0.2, 0) is 9.59 Å². The highest BCUT2D eigenvalue weighted by molar-refractivity contribution is 6.46. The summed E-state index contributed by atoms with van der Waals surface area (Å²) in [4.78, 5) is 27.6. The van der Waals surface area contributed by atoms with Crippen LogP contribution < -0.4 is 10.2 Å². The van der Waals surface area contributed by atoms with E-state index < -0.39 is 29.1 Å². The Bertz CT molecular complexity index is 1310. The van der Waals surface area contributed by atoms with Crippen LogP contribution >= 0.6 is 0 Å². The zero-order valence-corrected chi connectivity index (χ0v) is 18.2. The lowest BCUT2D eigenvalue weighted by Gasteiger charge is -2.17. The predicted octanol–water partition coefficient (Wildman–Crippen LogP) is 5.60. The van der Waals surface area contributed by atoms with E-state index in [9.17, 15) is 18.4 Å². The van der Waals surface area contributed by atoms with Gasteiger partial charge in [-0.25, -0.2) is 13.7 Å². The zero-order valence-electron chi connectivity index (χ0n) is 18.2. The summed E-state index contributed by atoms with van der Waals surface area (Å²) in [6, 6.07) is 13.8. The first-order chi connectivity index (χ1) is 15.2. The van der Waals surface area contributed by atoms with Crippen molar-refractivity contribution in [3.05, 3.63) is 99.7 Å². The maximum absolute atomic E-state index is 14.5. The van der Waals surface area contributed by atoms with Crippen LogP contribution in [0, 0.1) is 39.3 Å². The van der Waals surface area contributed by atoms with Gasteiger partial charge in [0.15, 0.2) is 0 Å². The minimum atomic E-state index is -0.860. The van der Waals surface area contributed by atoms with Gasteiger partial charge in [0.25, 0.3) is 11.8 Å². The molecule has 4 rings (SSSR count). The number of nitrogens with zero attached hydrogens (tertiary/aromatic N) is 1. The highest BCUT2D eigenvalue weighted by atomic mass is 19.1. The number of carbonyl (C=O) groups excluding carboxylic acids is 2. The third-order valence-electron chi connectivity index (χ3n) is 5.75. The van der Waals surface area contributed by atoms with Crippen molar-refractivity contribution in [2.45, 2.75) is 27.7 Å². The van der Waals surface area contributed by atoms with Crippen molar-refractivity contribution in [1.29, 1.82) is 0 Å². The highest BCUT2D eigenvalue weighted by Crippen LogP contribution is 2.37. The Hall–Kier alpha value is -3.80. The van der Waals surface area contributed by atoms with Crippen LogP contribution in [0.3, 0.4) is 0 Å². The van der Waals surface area contributed by atoms with Crippen molar-refractivity contribution in [1.82, 2.24) is 0 Å². The van der Waals surface area contributed by atoms with Gasteiger partial charge in [0.1, 0.15) is 17.3 Å². The lowest BCUT2D eigenvalue weighted by atomic mass is 9.97. The van der Waals surface area contributed by atoms with Gasteiger partial charge < -0.3 is 5.32 Å². The number of nitrogens with one attached hydrogen (secondary N) is 1. The quantitative estimate of drug-likeness (QED) is 0.547. The van der Waals surface area contributed by atoms with E-state index in [1.807, 2.05) is 52.0 Å². The summed E-state index contributed by atoms with van der Waals surface area (Å²) in [5, 5.41) is 3.11. The van der Waals surface area contributed by atoms with Crippen molar-refractivity contribution in [2.75, 3.05) is 10.2 Å². The fourth-order valence-corrected chi connectivity index (χ4v) is 3.89. The highest BCUT2D eigenvalue weighted by Gasteiger charge is 2.42. The van der Waals surface area contributed by atoms with E-state index in [0.29, 0.717) is 16.2 Å². The Morgan fingerprint density at radius 2 is 1.56 bits per heavy atom. The molecule has 0 unspecified atom stereocenters. The van der Waals surface area contributed by atoms with Gasteiger partial charge in [0.05, 0.1) is 11.3 Å². The van der Waals surface area contributed by atoms with Crippen LogP contribution in [0.15, 0.2) is 60.3 Å². The van der Waals surface area contributed by atoms with E-state index in [4.69, 9.17) is 0 Å². The monoisotopic (exact) mass is 432 g/mol.